The van der Waals surface area contributed by atoms with Gasteiger partial charge in [0.05, 0.1) is 6.04 Å². The van der Waals surface area contributed by atoms with Crippen LogP contribution in [0.5, 0.6) is 5.75 Å². The first-order valence-electron chi connectivity index (χ1n) is 5.67. The Morgan fingerprint density at radius 1 is 1.26 bits per heavy atom. The lowest BCUT2D eigenvalue weighted by atomic mass is 10.1. The zero-order valence-electron chi connectivity index (χ0n) is 10.1. The van der Waals surface area contributed by atoms with E-state index < -0.39 is 5.82 Å². The van der Waals surface area contributed by atoms with Crippen molar-refractivity contribution >= 4 is 33.2 Å². The molecular weight excluding hydrogens is 333 g/mol. The van der Waals surface area contributed by atoms with Crippen molar-refractivity contribution in [2.24, 2.45) is 0 Å². The van der Waals surface area contributed by atoms with Gasteiger partial charge in [0, 0.05) is 26.8 Å². The molecule has 1 unspecified atom stereocenters. The van der Waals surface area contributed by atoms with Crippen molar-refractivity contribution in [1.82, 2.24) is 0 Å². The molecule has 0 heterocycles. The standard InChI is InChI=1S/C14H12BrClFNO/c1-8(11-4-3-10(17)7-14(11)19)18-13-5-2-9(16)6-12(13)15/h2-8,18-19H,1H3. The minimum absolute atomic E-state index is 0.0647. The van der Waals surface area contributed by atoms with Crippen LogP contribution in [-0.2, 0) is 0 Å². The molecule has 2 N–H and O–H groups in total. The van der Waals surface area contributed by atoms with E-state index in [0.717, 1.165) is 16.2 Å². The number of phenols is 1. The number of phenolic OH excluding ortho intramolecular Hbond substituents is 1. The minimum Gasteiger partial charge on any atom is -0.507 e. The van der Waals surface area contributed by atoms with Gasteiger partial charge in [0.15, 0.2) is 0 Å². The highest BCUT2D eigenvalue weighted by Crippen LogP contribution is 2.31. The first-order chi connectivity index (χ1) is 8.97. The van der Waals surface area contributed by atoms with Crippen molar-refractivity contribution in [3.63, 3.8) is 0 Å². The molecule has 2 rings (SSSR count). The van der Waals surface area contributed by atoms with Gasteiger partial charge in [-0.05, 0) is 47.1 Å². The molecule has 2 aromatic carbocycles. The Morgan fingerprint density at radius 2 is 2.00 bits per heavy atom. The topological polar surface area (TPSA) is 32.3 Å². The second-order valence-electron chi connectivity index (χ2n) is 4.19. The molecule has 19 heavy (non-hydrogen) atoms. The molecule has 0 saturated heterocycles. The van der Waals surface area contributed by atoms with E-state index in [2.05, 4.69) is 21.2 Å². The number of aromatic hydroxyl groups is 1. The van der Waals surface area contributed by atoms with E-state index in [1.54, 1.807) is 18.2 Å². The molecule has 1 atom stereocenters. The van der Waals surface area contributed by atoms with Crippen molar-refractivity contribution in [2.45, 2.75) is 13.0 Å². The maximum atomic E-state index is 12.9. The lowest BCUT2D eigenvalue weighted by Gasteiger charge is -2.18. The van der Waals surface area contributed by atoms with Crippen LogP contribution in [0, 0.1) is 5.82 Å². The van der Waals surface area contributed by atoms with Gasteiger partial charge in [-0.1, -0.05) is 17.7 Å². The molecule has 0 aliphatic rings. The average molecular weight is 345 g/mol. The number of hydrogen-bond donors (Lipinski definition) is 2. The van der Waals surface area contributed by atoms with Gasteiger partial charge >= 0.3 is 0 Å². The zero-order chi connectivity index (χ0) is 14.0. The van der Waals surface area contributed by atoms with E-state index in [1.807, 2.05) is 13.0 Å². The van der Waals surface area contributed by atoms with Gasteiger partial charge in [-0.25, -0.2) is 4.39 Å². The number of benzene rings is 2. The lowest BCUT2D eigenvalue weighted by molar-refractivity contribution is 0.459. The highest BCUT2D eigenvalue weighted by atomic mass is 79.9. The molecule has 0 saturated carbocycles. The lowest BCUT2D eigenvalue weighted by Crippen LogP contribution is -2.07. The van der Waals surface area contributed by atoms with E-state index in [9.17, 15) is 9.50 Å². The third-order valence-electron chi connectivity index (χ3n) is 2.76. The zero-order valence-corrected chi connectivity index (χ0v) is 12.5. The van der Waals surface area contributed by atoms with Crippen molar-refractivity contribution in [3.05, 3.63) is 57.3 Å². The summed E-state index contributed by atoms with van der Waals surface area (Å²) >= 11 is 9.28. The molecular formula is C14H12BrClFNO. The molecule has 0 aliphatic carbocycles. The molecule has 0 aliphatic heterocycles. The molecule has 0 bridgehead atoms. The highest BCUT2D eigenvalue weighted by molar-refractivity contribution is 9.10. The maximum Gasteiger partial charge on any atom is 0.126 e. The summed E-state index contributed by atoms with van der Waals surface area (Å²) < 4.78 is 13.8. The quantitative estimate of drug-likeness (QED) is 0.810. The van der Waals surface area contributed by atoms with E-state index in [4.69, 9.17) is 11.6 Å². The van der Waals surface area contributed by atoms with Crippen molar-refractivity contribution in [3.8, 4) is 5.75 Å². The Morgan fingerprint density at radius 3 is 2.63 bits per heavy atom. The normalized spacial score (nSPS) is 12.2. The molecule has 0 amide bonds. The molecule has 2 aromatic rings. The Labute approximate surface area is 124 Å². The maximum absolute atomic E-state index is 12.9. The summed E-state index contributed by atoms with van der Waals surface area (Å²) in [6, 6.07) is 9.20. The fourth-order valence-electron chi connectivity index (χ4n) is 1.80. The van der Waals surface area contributed by atoms with Crippen LogP contribution >= 0.6 is 27.5 Å². The van der Waals surface area contributed by atoms with Crippen molar-refractivity contribution in [2.75, 3.05) is 5.32 Å². The SMILES string of the molecule is CC(Nc1ccc(Cl)cc1Br)c1ccc(F)cc1O. The van der Waals surface area contributed by atoms with Crippen molar-refractivity contribution < 1.29 is 9.50 Å². The van der Waals surface area contributed by atoms with Crippen LogP contribution in [0.2, 0.25) is 5.02 Å². The van der Waals surface area contributed by atoms with E-state index in [0.29, 0.717) is 10.6 Å². The molecule has 0 spiro atoms. The van der Waals surface area contributed by atoms with Crippen LogP contribution in [0.25, 0.3) is 0 Å². The number of anilines is 1. The first kappa shape index (κ1) is 14.2. The number of hydrogen-bond acceptors (Lipinski definition) is 2. The van der Waals surface area contributed by atoms with Crippen LogP contribution in [0.3, 0.4) is 0 Å². The summed E-state index contributed by atoms with van der Waals surface area (Å²) in [7, 11) is 0. The van der Waals surface area contributed by atoms with Gasteiger partial charge in [-0.15, -0.1) is 0 Å². The Balaban J connectivity index is 2.23. The van der Waals surface area contributed by atoms with E-state index >= 15 is 0 Å². The van der Waals surface area contributed by atoms with Gasteiger partial charge in [0.2, 0.25) is 0 Å². The van der Waals surface area contributed by atoms with Gasteiger partial charge < -0.3 is 10.4 Å². The minimum atomic E-state index is -0.457. The molecule has 0 fully saturated rings. The summed E-state index contributed by atoms with van der Waals surface area (Å²) in [6.07, 6.45) is 0. The fourth-order valence-corrected chi connectivity index (χ4v) is 2.60. The predicted molar refractivity (Wildman–Crippen MR) is 79.3 cm³/mol. The second-order valence-corrected chi connectivity index (χ2v) is 5.48. The summed E-state index contributed by atoms with van der Waals surface area (Å²) in [5.74, 6) is -0.522. The third-order valence-corrected chi connectivity index (χ3v) is 3.65. The van der Waals surface area contributed by atoms with Crippen LogP contribution in [0.15, 0.2) is 40.9 Å². The third kappa shape index (κ3) is 3.39. The van der Waals surface area contributed by atoms with Gasteiger partial charge in [0.1, 0.15) is 11.6 Å². The van der Waals surface area contributed by atoms with Gasteiger partial charge in [-0.3, -0.25) is 0 Å². The number of nitrogens with one attached hydrogen (secondary N) is 1. The van der Waals surface area contributed by atoms with Crippen LogP contribution in [0.1, 0.15) is 18.5 Å². The Bertz CT molecular complexity index is 606. The molecule has 100 valence electrons. The molecule has 5 heteroatoms. The first-order valence-corrected chi connectivity index (χ1v) is 6.84. The van der Waals surface area contributed by atoms with Crippen LogP contribution < -0.4 is 5.32 Å². The summed E-state index contributed by atoms with van der Waals surface area (Å²) in [5, 5.41) is 13.6. The predicted octanol–water partition coefficient (Wildman–Crippen LogP) is 5.12. The average Bonchev–Trinajstić information content (AvgIpc) is 2.32. The van der Waals surface area contributed by atoms with E-state index in [-0.39, 0.29) is 11.8 Å². The van der Waals surface area contributed by atoms with Crippen LogP contribution in [-0.4, -0.2) is 5.11 Å². The largest absolute Gasteiger partial charge is 0.507 e. The molecule has 0 radical (unpaired) electrons. The number of halogens is 3. The monoisotopic (exact) mass is 343 g/mol. The van der Waals surface area contributed by atoms with Gasteiger partial charge in [0.25, 0.3) is 0 Å². The second kappa shape index (κ2) is 5.80. The van der Waals surface area contributed by atoms with Gasteiger partial charge in [-0.2, -0.15) is 0 Å². The fraction of sp³-hybridized carbons (Fsp3) is 0.143. The van der Waals surface area contributed by atoms with E-state index in [1.165, 1.54) is 6.07 Å². The van der Waals surface area contributed by atoms with Crippen molar-refractivity contribution in [1.29, 1.82) is 0 Å². The smallest absolute Gasteiger partial charge is 0.126 e. The Kier molecular flexibility index (Phi) is 4.32. The Hall–Kier alpha value is -1.26. The molecule has 0 aromatic heterocycles. The highest BCUT2D eigenvalue weighted by Gasteiger charge is 2.12. The summed E-state index contributed by atoms with van der Waals surface area (Å²) in [4.78, 5) is 0. The number of rotatable bonds is 3. The summed E-state index contributed by atoms with van der Waals surface area (Å²) in [6.45, 7) is 1.88. The van der Waals surface area contributed by atoms with Crippen LogP contribution in [0.4, 0.5) is 10.1 Å². The molecule has 2 nitrogen and oxygen atoms in total. The summed E-state index contributed by atoms with van der Waals surface area (Å²) in [5.41, 5.74) is 1.48.